The Morgan fingerprint density at radius 3 is 1.65 bits per heavy atom. The van der Waals surface area contributed by atoms with Crippen molar-refractivity contribution >= 4 is 43.5 Å². The summed E-state index contributed by atoms with van der Waals surface area (Å²) < 4.78 is 2.11. The van der Waals surface area contributed by atoms with Crippen LogP contribution < -0.4 is 0 Å². The highest BCUT2D eigenvalue weighted by Crippen LogP contribution is 2.42. The van der Waals surface area contributed by atoms with Gasteiger partial charge in [-0.25, -0.2) is 14.6 Å². The molecule has 0 aliphatic rings. The van der Waals surface area contributed by atoms with Crippen molar-refractivity contribution < 1.29 is 0 Å². The average molecular weight is 728 g/mol. The standard InChI is InChI=1S/C52H33N5/c1-4-12-35(13-5-1)45-31-40-16-10-11-19-44(40)52-48(45)49(56-57(52)43-17-8-3-9-18-43)37-22-20-34(21-23-37)41-30-42(33-53-32-41)47-29-27-39-25-24-38-26-28-46(36-14-6-2-7-15-36)54-50(38)51(39)55-47/h1-33H. The summed E-state index contributed by atoms with van der Waals surface area (Å²) in [6, 6.07) is 65.7. The number of para-hydroxylation sites is 1. The van der Waals surface area contributed by atoms with Gasteiger partial charge in [-0.05, 0) is 58.5 Å². The monoisotopic (exact) mass is 727 g/mol. The Bertz CT molecular complexity index is 3270. The van der Waals surface area contributed by atoms with Crippen molar-refractivity contribution in [3.05, 3.63) is 200 Å². The summed E-state index contributed by atoms with van der Waals surface area (Å²) in [5.74, 6) is 0. The zero-order valence-corrected chi connectivity index (χ0v) is 30.8. The highest BCUT2D eigenvalue weighted by molar-refractivity contribution is 6.17. The summed E-state index contributed by atoms with van der Waals surface area (Å²) >= 11 is 0. The van der Waals surface area contributed by atoms with Gasteiger partial charge in [0, 0.05) is 56.2 Å². The molecule has 5 nitrogen and oxygen atoms in total. The molecular formula is C52H33N5. The molecule has 0 fully saturated rings. The normalized spacial score (nSPS) is 11.5. The first-order valence-corrected chi connectivity index (χ1v) is 19.1. The SMILES string of the molecule is c1ccc(-c2ccc3ccc4ccc(-c5cncc(-c6ccc(-c7nn(-c8ccccc8)c8c7c(-c7ccccc7)cc7ccccc78)cc6)c5)nc4c3n2)cc1. The summed E-state index contributed by atoms with van der Waals surface area (Å²) in [4.78, 5) is 15.0. The number of aromatic nitrogens is 5. The van der Waals surface area contributed by atoms with E-state index in [0.29, 0.717) is 0 Å². The lowest BCUT2D eigenvalue weighted by Gasteiger charge is -2.11. The lowest BCUT2D eigenvalue weighted by Crippen LogP contribution is -1.96. The van der Waals surface area contributed by atoms with E-state index in [0.717, 1.165) is 99.8 Å². The van der Waals surface area contributed by atoms with Gasteiger partial charge in [-0.15, -0.1) is 0 Å². The van der Waals surface area contributed by atoms with Crippen LogP contribution in [0.4, 0.5) is 0 Å². The van der Waals surface area contributed by atoms with Crippen LogP contribution in [0.3, 0.4) is 0 Å². The summed E-state index contributed by atoms with van der Waals surface area (Å²) in [7, 11) is 0. The van der Waals surface area contributed by atoms with Crippen LogP contribution in [0.15, 0.2) is 200 Å². The minimum absolute atomic E-state index is 0.853. The fraction of sp³-hybridized carbons (Fsp3) is 0. The molecule has 0 aliphatic carbocycles. The van der Waals surface area contributed by atoms with Gasteiger partial charge in [0.25, 0.3) is 0 Å². The molecule has 0 atom stereocenters. The molecular weight excluding hydrogens is 695 g/mol. The summed E-state index contributed by atoms with van der Waals surface area (Å²) in [5, 5.41) is 11.0. The van der Waals surface area contributed by atoms with Crippen molar-refractivity contribution in [1.82, 2.24) is 24.7 Å². The molecule has 4 heterocycles. The minimum Gasteiger partial charge on any atom is -0.263 e. The summed E-state index contributed by atoms with van der Waals surface area (Å²) in [6.07, 6.45) is 3.81. The lowest BCUT2D eigenvalue weighted by atomic mass is 9.93. The molecule has 0 unspecified atom stereocenters. The molecule has 0 spiro atoms. The summed E-state index contributed by atoms with van der Waals surface area (Å²) in [6.45, 7) is 0. The molecule has 4 aromatic heterocycles. The van der Waals surface area contributed by atoms with Gasteiger partial charge in [-0.3, -0.25) is 4.98 Å². The van der Waals surface area contributed by atoms with Crippen LogP contribution in [0.25, 0.3) is 105 Å². The van der Waals surface area contributed by atoms with Crippen molar-refractivity contribution in [1.29, 1.82) is 0 Å². The Kier molecular flexibility index (Phi) is 7.74. The van der Waals surface area contributed by atoms with E-state index in [9.17, 15) is 0 Å². The smallest absolute Gasteiger partial charge is 0.101 e. The summed E-state index contributed by atoms with van der Waals surface area (Å²) in [5.41, 5.74) is 14.1. The van der Waals surface area contributed by atoms with Gasteiger partial charge in [0.05, 0.1) is 33.6 Å². The van der Waals surface area contributed by atoms with Gasteiger partial charge in [-0.1, -0.05) is 152 Å². The Labute approximate surface area is 329 Å². The predicted molar refractivity (Wildman–Crippen MR) is 234 cm³/mol. The van der Waals surface area contributed by atoms with E-state index in [-0.39, 0.29) is 0 Å². The maximum atomic E-state index is 5.38. The first kappa shape index (κ1) is 32.7. The molecule has 0 N–H and O–H groups in total. The van der Waals surface area contributed by atoms with E-state index in [1.165, 1.54) is 5.39 Å². The molecule has 11 rings (SSSR count). The van der Waals surface area contributed by atoms with E-state index in [4.69, 9.17) is 20.1 Å². The van der Waals surface area contributed by atoms with Gasteiger partial charge < -0.3 is 0 Å². The van der Waals surface area contributed by atoms with Crippen LogP contribution in [0.1, 0.15) is 0 Å². The van der Waals surface area contributed by atoms with Crippen molar-refractivity contribution in [2.75, 3.05) is 0 Å². The van der Waals surface area contributed by atoms with Crippen LogP contribution in [0.2, 0.25) is 0 Å². The van der Waals surface area contributed by atoms with E-state index in [1.54, 1.807) is 0 Å². The number of hydrogen-bond donors (Lipinski definition) is 0. The van der Waals surface area contributed by atoms with Gasteiger partial charge in [0.15, 0.2) is 0 Å². The molecule has 0 radical (unpaired) electrons. The second kappa shape index (κ2) is 13.5. The van der Waals surface area contributed by atoms with Crippen LogP contribution in [0, 0.1) is 0 Å². The highest BCUT2D eigenvalue weighted by Gasteiger charge is 2.21. The Morgan fingerprint density at radius 1 is 0.386 bits per heavy atom. The molecule has 57 heavy (non-hydrogen) atoms. The molecule has 0 saturated carbocycles. The van der Waals surface area contributed by atoms with Gasteiger partial charge in [0.2, 0.25) is 0 Å². The number of fused-ring (bicyclic) bond motifs is 6. The minimum atomic E-state index is 0.853. The topological polar surface area (TPSA) is 56.5 Å². The van der Waals surface area contributed by atoms with E-state index >= 15 is 0 Å². The second-order valence-electron chi connectivity index (χ2n) is 14.3. The fourth-order valence-electron chi connectivity index (χ4n) is 8.05. The number of nitrogens with zero attached hydrogens (tertiary/aromatic N) is 5. The zero-order valence-electron chi connectivity index (χ0n) is 30.8. The maximum absolute atomic E-state index is 5.38. The molecule has 5 heteroatoms. The van der Waals surface area contributed by atoms with E-state index in [2.05, 4.69) is 168 Å². The van der Waals surface area contributed by atoms with E-state index < -0.39 is 0 Å². The van der Waals surface area contributed by atoms with Crippen molar-refractivity contribution in [2.24, 2.45) is 0 Å². The van der Waals surface area contributed by atoms with Crippen molar-refractivity contribution in [3.8, 4) is 61.7 Å². The van der Waals surface area contributed by atoms with Crippen LogP contribution in [-0.4, -0.2) is 24.7 Å². The highest BCUT2D eigenvalue weighted by atomic mass is 15.3. The molecule has 0 aliphatic heterocycles. The molecule has 0 amide bonds. The third kappa shape index (κ3) is 5.72. The first-order chi connectivity index (χ1) is 28.2. The first-order valence-electron chi connectivity index (χ1n) is 19.1. The lowest BCUT2D eigenvalue weighted by molar-refractivity contribution is 0.918. The number of rotatable bonds is 6. The third-order valence-electron chi connectivity index (χ3n) is 10.9. The van der Waals surface area contributed by atoms with Gasteiger partial charge in [0.1, 0.15) is 5.69 Å². The molecule has 7 aromatic carbocycles. The fourth-order valence-corrected chi connectivity index (χ4v) is 8.05. The number of benzene rings is 7. The predicted octanol–water partition coefficient (Wildman–Crippen LogP) is 13.0. The van der Waals surface area contributed by atoms with Gasteiger partial charge >= 0.3 is 0 Å². The van der Waals surface area contributed by atoms with Crippen molar-refractivity contribution in [3.63, 3.8) is 0 Å². The van der Waals surface area contributed by atoms with Gasteiger partial charge in [-0.2, -0.15) is 5.10 Å². The molecule has 11 aromatic rings. The van der Waals surface area contributed by atoms with E-state index in [1.807, 2.05) is 36.7 Å². The zero-order chi connectivity index (χ0) is 37.7. The van der Waals surface area contributed by atoms with Crippen molar-refractivity contribution in [2.45, 2.75) is 0 Å². The Balaban J connectivity index is 1.01. The Morgan fingerprint density at radius 2 is 0.947 bits per heavy atom. The molecule has 266 valence electrons. The molecule has 0 saturated heterocycles. The van der Waals surface area contributed by atoms with Crippen LogP contribution >= 0.6 is 0 Å². The third-order valence-corrected chi connectivity index (χ3v) is 10.9. The average Bonchev–Trinajstić information content (AvgIpc) is 3.70. The maximum Gasteiger partial charge on any atom is 0.101 e. The number of hydrogen-bond acceptors (Lipinski definition) is 4. The largest absolute Gasteiger partial charge is 0.263 e. The van der Waals surface area contributed by atoms with Crippen LogP contribution in [0.5, 0.6) is 0 Å². The second-order valence-corrected chi connectivity index (χ2v) is 14.3. The molecule has 0 bridgehead atoms. The number of pyridine rings is 3. The quantitative estimate of drug-likeness (QED) is 0.160. The Hall–Kier alpha value is -7.76. The van der Waals surface area contributed by atoms with Crippen LogP contribution in [-0.2, 0) is 0 Å².